The van der Waals surface area contributed by atoms with Crippen molar-refractivity contribution in [3.63, 3.8) is 0 Å². The fourth-order valence-corrected chi connectivity index (χ4v) is 13.9. The van der Waals surface area contributed by atoms with E-state index >= 15 is 0 Å². The Labute approximate surface area is 523 Å². The second-order valence-corrected chi connectivity index (χ2v) is 23.2. The molecule has 13 aromatic carbocycles. The Morgan fingerprint density at radius 2 is 0.767 bits per heavy atom. The maximum absolute atomic E-state index is 5.47. The molecule has 0 saturated carbocycles. The Bertz CT molecular complexity index is 5110. The molecule has 7 nitrogen and oxygen atoms in total. The van der Waals surface area contributed by atoms with Crippen molar-refractivity contribution in [1.82, 2.24) is 19.5 Å². The van der Waals surface area contributed by atoms with Crippen molar-refractivity contribution in [3.8, 4) is 62.1 Å². The van der Waals surface area contributed by atoms with Gasteiger partial charge in [-0.15, -0.1) is 0 Å². The maximum atomic E-state index is 5.47. The van der Waals surface area contributed by atoms with Gasteiger partial charge in [0.15, 0.2) is 17.5 Å². The maximum Gasteiger partial charge on any atom is 0.252 e. The first-order valence-electron chi connectivity index (χ1n) is 30.7. The lowest BCUT2D eigenvalue weighted by Crippen LogP contribution is -2.61. The van der Waals surface area contributed by atoms with Crippen molar-refractivity contribution >= 4 is 96.1 Å². The number of hydrogen-bond acceptors (Lipinski definition) is 6. The predicted octanol–water partition coefficient (Wildman–Crippen LogP) is 19.2. The number of fused-ring (bicyclic) bond motifs is 7. The zero-order valence-corrected chi connectivity index (χ0v) is 49.3. The smallest absolute Gasteiger partial charge is 0.252 e. The molecule has 0 saturated heterocycles. The molecule has 4 heterocycles. The zero-order chi connectivity index (χ0) is 59.7. The van der Waals surface area contributed by atoms with Gasteiger partial charge in [0.25, 0.3) is 6.71 Å². The van der Waals surface area contributed by atoms with E-state index in [1.807, 2.05) is 36.4 Å². The molecule has 0 bridgehead atoms. The Balaban J connectivity index is 0.935. The van der Waals surface area contributed by atoms with Crippen LogP contribution in [-0.4, -0.2) is 26.2 Å². The van der Waals surface area contributed by atoms with E-state index in [0.29, 0.717) is 17.5 Å². The summed E-state index contributed by atoms with van der Waals surface area (Å²) in [6, 6.07) is 116. The highest BCUT2D eigenvalue weighted by Gasteiger charge is 2.44. The molecule has 90 heavy (non-hydrogen) atoms. The van der Waals surface area contributed by atoms with E-state index in [0.717, 1.165) is 112 Å². The molecule has 0 aliphatic carbocycles. The summed E-state index contributed by atoms with van der Waals surface area (Å²) in [6.45, 7) is 2.15. The quantitative estimate of drug-likeness (QED) is 0.120. The van der Waals surface area contributed by atoms with Crippen molar-refractivity contribution in [1.29, 1.82) is 0 Å². The third kappa shape index (κ3) is 8.79. The summed E-state index contributed by atoms with van der Waals surface area (Å²) in [6.07, 6.45) is 0. The number of para-hydroxylation sites is 7. The Morgan fingerprint density at radius 3 is 1.37 bits per heavy atom. The van der Waals surface area contributed by atoms with Crippen LogP contribution in [0.2, 0.25) is 0 Å². The van der Waals surface area contributed by atoms with Gasteiger partial charge in [0, 0.05) is 84.1 Å². The molecule has 17 rings (SSSR count). The van der Waals surface area contributed by atoms with Crippen LogP contribution in [0, 0.1) is 6.92 Å². The Hall–Kier alpha value is -11.9. The average Bonchev–Trinajstić information content (AvgIpc) is 0.754. The molecule has 0 spiro atoms. The highest BCUT2D eigenvalue weighted by molar-refractivity contribution is 7.00. The number of anilines is 9. The minimum atomic E-state index is -0.0393. The second kappa shape index (κ2) is 21.8. The molecular formula is C82H56BN7. The largest absolute Gasteiger partial charge is 0.311 e. The molecule has 2 aliphatic rings. The first kappa shape index (κ1) is 52.5. The van der Waals surface area contributed by atoms with Crippen LogP contribution in [-0.2, 0) is 0 Å². The van der Waals surface area contributed by atoms with Crippen LogP contribution in [0.3, 0.4) is 0 Å². The lowest BCUT2D eigenvalue weighted by atomic mass is 9.33. The van der Waals surface area contributed by atoms with Gasteiger partial charge in [0.1, 0.15) is 0 Å². The van der Waals surface area contributed by atoms with Crippen molar-refractivity contribution < 1.29 is 0 Å². The molecule has 2 aliphatic heterocycles. The van der Waals surface area contributed by atoms with Crippen LogP contribution >= 0.6 is 0 Å². The van der Waals surface area contributed by atoms with E-state index in [-0.39, 0.29) is 6.71 Å². The van der Waals surface area contributed by atoms with Crippen LogP contribution < -0.4 is 31.1 Å². The van der Waals surface area contributed by atoms with E-state index in [2.05, 4.69) is 311 Å². The van der Waals surface area contributed by atoms with E-state index in [9.17, 15) is 0 Å². The number of benzene rings is 13. The normalized spacial score (nSPS) is 12.2. The monoisotopic (exact) mass is 1150 g/mol. The van der Waals surface area contributed by atoms with Gasteiger partial charge < -0.3 is 19.3 Å². The Morgan fingerprint density at radius 1 is 0.311 bits per heavy atom. The summed E-state index contributed by atoms with van der Waals surface area (Å²) in [5, 5.41) is 2.27. The highest BCUT2D eigenvalue weighted by Crippen LogP contribution is 2.50. The fourth-order valence-electron chi connectivity index (χ4n) is 13.9. The van der Waals surface area contributed by atoms with Gasteiger partial charge in [0.05, 0.1) is 22.4 Å². The van der Waals surface area contributed by atoms with Gasteiger partial charge in [0.2, 0.25) is 0 Å². The molecule has 15 aromatic rings. The minimum absolute atomic E-state index is 0.0393. The van der Waals surface area contributed by atoms with Gasteiger partial charge in [-0.1, -0.05) is 218 Å². The summed E-state index contributed by atoms with van der Waals surface area (Å²) < 4.78 is 2.46. The lowest BCUT2D eigenvalue weighted by molar-refractivity contribution is 1.06. The molecular weight excluding hydrogens is 1090 g/mol. The fraction of sp³-hybridized carbons (Fsp3) is 0.0122. The van der Waals surface area contributed by atoms with Crippen molar-refractivity contribution in [2.24, 2.45) is 0 Å². The topological polar surface area (TPSA) is 53.3 Å². The molecule has 8 heteroatoms. The first-order valence-corrected chi connectivity index (χ1v) is 30.7. The number of rotatable bonds is 11. The summed E-state index contributed by atoms with van der Waals surface area (Å²) in [5.74, 6) is 1.76. The summed E-state index contributed by atoms with van der Waals surface area (Å²) >= 11 is 0. The Kier molecular flexibility index (Phi) is 12.7. The molecule has 0 N–H and O–H groups in total. The summed E-state index contributed by atoms with van der Waals surface area (Å²) in [5.41, 5.74) is 25.1. The predicted molar refractivity (Wildman–Crippen MR) is 375 cm³/mol. The first-order chi connectivity index (χ1) is 44.6. The van der Waals surface area contributed by atoms with Gasteiger partial charge in [-0.05, 0) is 144 Å². The molecule has 0 radical (unpaired) electrons. The minimum Gasteiger partial charge on any atom is -0.311 e. The van der Waals surface area contributed by atoms with E-state index in [1.54, 1.807) is 0 Å². The van der Waals surface area contributed by atoms with E-state index in [4.69, 9.17) is 15.0 Å². The second-order valence-electron chi connectivity index (χ2n) is 23.2. The van der Waals surface area contributed by atoms with Crippen LogP contribution in [0.1, 0.15) is 5.56 Å². The summed E-state index contributed by atoms with van der Waals surface area (Å²) in [7, 11) is 0. The number of hydrogen-bond donors (Lipinski definition) is 0. The molecule has 0 atom stereocenters. The van der Waals surface area contributed by atoms with Gasteiger partial charge >= 0.3 is 0 Å². The number of nitrogens with zero attached hydrogens (tertiary/aromatic N) is 7. The third-order valence-corrected chi connectivity index (χ3v) is 17.8. The molecule has 2 aromatic heterocycles. The van der Waals surface area contributed by atoms with Crippen LogP contribution in [0.5, 0.6) is 0 Å². The molecule has 0 unspecified atom stereocenters. The van der Waals surface area contributed by atoms with Crippen LogP contribution in [0.15, 0.2) is 322 Å². The SMILES string of the molecule is Cc1ccc2c(c1)c1cc(N(c3ccccc3)c3ccccc3)ccc1n2-c1c(-c2cccc(-c3ccc4c5c3N(c3ccccc3)c3ccccc3B5c3ccccc3N4c3ccccc3)c2)cccc1-c1nc(-c2ccccc2)nc(-c2ccccc2)n1. The van der Waals surface area contributed by atoms with Crippen molar-refractivity contribution in [3.05, 3.63) is 327 Å². The van der Waals surface area contributed by atoms with Gasteiger partial charge in [-0.2, -0.15) is 0 Å². The van der Waals surface area contributed by atoms with Crippen LogP contribution in [0.25, 0.3) is 83.9 Å². The zero-order valence-electron chi connectivity index (χ0n) is 49.3. The highest BCUT2D eigenvalue weighted by atomic mass is 15.2. The van der Waals surface area contributed by atoms with Crippen molar-refractivity contribution in [2.45, 2.75) is 6.92 Å². The molecule has 0 fully saturated rings. The van der Waals surface area contributed by atoms with E-state index < -0.39 is 0 Å². The standard InChI is InChI=1S/C82H56BN7/c1-55-46-49-72-68(52-55)69-54-64(87(60-32-12-4-13-33-60)61-34-14-5-15-35-61)47-50-73(69)90(72)78-65(40-25-41-67(78)82-85-80(56-26-8-2-9-27-56)84-81(86-82)57-28-10-3-11-29-57)58-30-24-31-59(53-58)66-48-51-76-77-79(66)89(63-38-18-7-19-39-63)75-45-23-21-43-71(75)83(77)70-42-20-22-44-74(70)88(76)62-36-16-6-17-37-62/h2-54H,1H3. The van der Waals surface area contributed by atoms with E-state index in [1.165, 1.54) is 27.6 Å². The van der Waals surface area contributed by atoms with Gasteiger partial charge in [-0.25, -0.2) is 15.0 Å². The third-order valence-electron chi connectivity index (χ3n) is 17.8. The van der Waals surface area contributed by atoms with Crippen molar-refractivity contribution in [2.75, 3.05) is 14.7 Å². The number of aromatic nitrogens is 4. The average molecular weight is 1150 g/mol. The van der Waals surface area contributed by atoms with Gasteiger partial charge in [-0.3, -0.25) is 0 Å². The molecule has 0 amide bonds. The molecule has 422 valence electrons. The van der Waals surface area contributed by atoms with Crippen LogP contribution in [0.4, 0.5) is 51.2 Å². The summed E-state index contributed by atoms with van der Waals surface area (Å²) in [4.78, 5) is 23.5. The number of aryl methyl sites for hydroxylation is 1. The lowest BCUT2D eigenvalue weighted by Gasteiger charge is -2.45.